The maximum atomic E-state index is 5.29. The van der Waals surface area contributed by atoms with Crippen molar-refractivity contribution in [3.05, 3.63) is 35.7 Å². The minimum absolute atomic E-state index is 0.800. The molecule has 0 bridgehead atoms. The summed E-state index contributed by atoms with van der Waals surface area (Å²) in [7, 11) is 5.55. The van der Waals surface area contributed by atoms with Gasteiger partial charge in [0.05, 0.1) is 7.11 Å². The molecule has 0 saturated carbocycles. The van der Waals surface area contributed by atoms with Crippen molar-refractivity contribution in [2.75, 3.05) is 31.4 Å². The molecule has 0 saturated heterocycles. The Hall–Kier alpha value is -2.30. The van der Waals surface area contributed by atoms with Gasteiger partial charge in [-0.1, -0.05) is 13.0 Å². The van der Waals surface area contributed by atoms with Gasteiger partial charge < -0.3 is 15.0 Å². The third-order valence-corrected chi connectivity index (χ3v) is 3.48. The van der Waals surface area contributed by atoms with Crippen molar-refractivity contribution in [3.63, 3.8) is 0 Å². The van der Waals surface area contributed by atoms with Crippen LogP contribution in [0.15, 0.2) is 24.3 Å². The van der Waals surface area contributed by atoms with Gasteiger partial charge in [0.2, 0.25) is 0 Å². The summed E-state index contributed by atoms with van der Waals surface area (Å²) < 4.78 is 5.29. The van der Waals surface area contributed by atoms with Crippen molar-refractivity contribution in [3.8, 4) is 5.75 Å². The molecule has 0 fully saturated rings. The Morgan fingerprint density at radius 1 is 1.29 bits per heavy atom. The van der Waals surface area contributed by atoms with Gasteiger partial charge >= 0.3 is 0 Å². The molecule has 2 rings (SSSR count). The van der Waals surface area contributed by atoms with Crippen LogP contribution < -0.4 is 15.0 Å². The molecule has 0 aliphatic rings. The third-order valence-electron chi connectivity index (χ3n) is 3.48. The van der Waals surface area contributed by atoms with E-state index in [4.69, 9.17) is 4.74 Å². The zero-order valence-electron chi connectivity index (χ0n) is 13.3. The zero-order valence-corrected chi connectivity index (χ0v) is 13.3. The number of aryl methyl sites for hydroxylation is 1. The second-order valence-electron chi connectivity index (χ2n) is 4.80. The molecule has 0 radical (unpaired) electrons. The molecular formula is C16H22N4O. The first-order valence-electron chi connectivity index (χ1n) is 7.03. The summed E-state index contributed by atoms with van der Waals surface area (Å²) in [5.41, 5.74) is 2.06. The van der Waals surface area contributed by atoms with Gasteiger partial charge in [-0.25, -0.2) is 9.97 Å². The monoisotopic (exact) mass is 286 g/mol. The fourth-order valence-corrected chi connectivity index (χ4v) is 2.22. The van der Waals surface area contributed by atoms with Gasteiger partial charge in [0, 0.05) is 37.8 Å². The van der Waals surface area contributed by atoms with Gasteiger partial charge in [-0.05, 0) is 19.1 Å². The highest BCUT2D eigenvalue weighted by Crippen LogP contribution is 2.30. The summed E-state index contributed by atoms with van der Waals surface area (Å²) in [6.07, 6.45) is 0.800. The first-order valence-corrected chi connectivity index (χ1v) is 7.03. The molecule has 21 heavy (non-hydrogen) atoms. The molecule has 0 amide bonds. The fraction of sp³-hybridized carbons (Fsp3) is 0.375. The SMILES string of the molecule is CCc1nc(NC)c(C)c(N(C)c2cccc(OC)c2)n1. The molecule has 1 aromatic heterocycles. The van der Waals surface area contributed by atoms with E-state index in [1.807, 2.05) is 45.3 Å². The van der Waals surface area contributed by atoms with Crippen LogP contribution in [-0.4, -0.2) is 31.2 Å². The zero-order chi connectivity index (χ0) is 15.4. The summed E-state index contributed by atoms with van der Waals surface area (Å²) in [4.78, 5) is 11.2. The Labute approximate surface area is 126 Å². The van der Waals surface area contributed by atoms with Crippen LogP contribution in [0.4, 0.5) is 17.3 Å². The lowest BCUT2D eigenvalue weighted by atomic mass is 10.2. The predicted octanol–water partition coefficient (Wildman–Crippen LogP) is 3.17. The number of methoxy groups -OCH3 is 1. The maximum Gasteiger partial charge on any atom is 0.141 e. The molecule has 1 aromatic carbocycles. The summed E-state index contributed by atoms with van der Waals surface area (Å²) in [5, 5.41) is 3.14. The van der Waals surface area contributed by atoms with Crippen LogP contribution in [0.5, 0.6) is 5.75 Å². The van der Waals surface area contributed by atoms with Crippen LogP contribution in [0.25, 0.3) is 0 Å². The van der Waals surface area contributed by atoms with Crippen LogP contribution in [-0.2, 0) is 6.42 Å². The first-order chi connectivity index (χ1) is 10.1. The molecule has 5 heteroatoms. The molecule has 2 aromatic rings. The Morgan fingerprint density at radius 3 is 2.67 bits per heavy atom. The van der Waals surface area contributed by atoms with Crippen LogP contribution in [0, 0.1) is 6.92 Å². The van der Waals surface area contributed by atoms with Crippen molar-refractivity contribution in [2.45, 2.75) is 20.3 Å². The van der Waals surface area contributed by atoms with Gasteiger partial charge in [0.1, 0.15) is 23.2 Å². The Kier molecular flexibility index (Phi) is 4.62. The van der Waals surface area contributed by atoms with Gasteiger partial charge in [0.15, 0.2) is 0 Å². The number of anilines is 3. The lowest BCUT2D eigenvalue weighted by Crippen LogP contribution is -2.16. The molecule has 0 unspecified atom stereocenters. The second-order valence-corrected chi connectivity index (χ2v) is 4.80. The lowest BCUT2D eigenvalue weighted by Gasteiger charge is -2.22. The quantitative estimate of drug-likeness (QED) is 0.915. The Balaban J connectivity index is 2.48. The molecule has 0 atom stereocenters. The number of ether oxygens (including phenoxy) is 1. The predicted molar refractivity (Wildman–Crippen MR) is 86.8 cm³/mol. The third kappa shape index (κ3) is 3.07. The largest absolute Gasteiger partial charge is 0.497 e. The van der Waals surface area contributed by atoms with Gasteiger partial charge in [0.25, 0.3) is 0 Å². The van der Waals surface area contributed by atoms with Crippen molar-refractivity contribution in [2.24, 2.45) is 0 Å². The van der Waals surface area contributed by atoms with E-state index < -0.39 is 0 Å². The van der Waals surface area contributed by atoms with E-state index in [1.54, 1.807) is 7.11 Å². The topological polar surface area (TPSA) is 50.3 Å². The summed E-state index contributed by atoms with van der Waals surface area (Å²) >= 11 is 0. The minimum atomic E-state index is 0.800. The highest BCUT2D eigenvalue weighted by atomic mass is 16.5. The average Bonchev–Trinajstić information content (AvgIpc) is 2.54. The lowest BCUT2D eigenvalue weighted by molar-refractivity contribution is 0.415. The Bertz CT molecular complexity index is 628. The number of aromatic nitrogens is 2. The maximum absolute atomic E-state index is 5.29. The smallest absolute Gasteiger partial charge is 0.141 e. The van der Waals surface area contributed by atoms with Crippen molar-refractivity contribution < 1.29 is 4.74 Å². The molecule has 1 heterocycles. The van der Waals surface area contributed by atoms with E-state index in [-0.39, 0.29) is 0 Å². The van der Waals surface area contributed by atoms with Crippen molar-refractivity contribution in [1.29, 1.82) is 0 Å². The number of hydrogen-bond acceptors (Lipinski definition) is 5. The number of benzene rings is 1. The number of hydrogen-bond donors (Lipinski definition) is 1. The normalized spacial score (nSPS) is 10.3. The molecule has 0 spiro atoms. The van der Waals surface area contributed by atoms with E-state index in [1.165, 1.54) is 0 Å². The van der Waals surface area contributed by atoms with E-state index in [0.717, 1.165) is 40.9 Å². The first kappa shape index (κ1) is 15.1. The second kappa shape index (κ2) is 6.43. The van der Waals surface area contributed by atoms with Crippen LogP contribution in [0.1, 0.15) is 18.3 Å². The van der Waals surface area contributed by atoms with Crippen LogP contribution in [0.3, 0.4) is 0 Å². The molecule has 0 aliphatic heterocycles. The fourth-order valence-electron chi connectivity index (χ4n) is 2.22. The highest BCUT2D eigenvalue weighted by molar-refractivity contribution is 5.67. The number of rotatable bonds is 5. The van der Waals surface area contributed by atoms with Crippen LogP contribution >= 0.6 is 0 Å². The standard InChI is InChI=1S/C16H22N4O/c1-6-14-18-15(17-3)11(2)16(19-14)20(4)12-8-7-9-13(10-12)21-5/h7-10H,6H2,1-5H3,(H,17,18,19). The average molecular weight is 286 g/mol. The molecule has 5 nitrogen and oxygen atoms in total. The molecule has 112 valence electrons. The van der Waals surface area contributed by atoms with Gasteiger partial charge in [-0.3, -0.25) is 0 Å². The summed E-state index contributed by atoms with van der Waals surface area (Å²) in [6, 6.07) is 7.93. The van der Waals surface area contributed by atoms with E-state index in [2.05, 4.69) is 27.1 Å². The van der Waals surface area contributed by atoms with Gasteiger partial charge in [-0.15, -0.1) is 0 Å². The van der Waals surface area contributed by atoms with Gasteiger partial charge in [-0.2, -0.15) is 0 Å². The molecular weight excluding hydrogens is 264 g/mol. The number of nitrogens with one attached hydrogen (secondary N) is 1. The number of nitrogens with zero attached hydrogens (tertiary/aromatic N) is 3. The summed E-state index contributed by atoms with van der Waals surface area (Å²) in [5.74, 6) is 3.43. The molecule has 1 N–H and O–H groups in total. The minimum Gasteiger partial charge on any atom is -0.497 e. The van der Waals surface area contributed by atoms with E-state index in [9.17, 15) is 0 Å². The highest BCUT2D eigenvalue weighted by Gasteiger charge is 2.14. The summed E-state index contributed by atoms with van der Waals surface area (Å²) in [6.45, 7) is 4.08. The molecule has 0 aliphatic carbocycles. The van der Waals surface area contributed by atoms with E-state index in [0.29, 0.717) is 0 Å². The van der Waals surface area contributed by atoms with Crippen molar-refractivity contribution >= 4 is 17.3 Å². The van der Waals surface area contributed by atoms with E-state index >= 15 is 0 Å². The van der Waals surface area contributed by atoms with Crippen LogP contribution in [0.2, 0.25) is 0 Å². The van der Waals surface area contributed by atoms with Crippen molar-refractivity contribution in [1.82, 2.24) is 9.97 Å². The Morgan fingerprint density at radius 2 is 2.05 bits per heavy atom.